The molecule has 1 fully saturated rings. The van der Waals surface area contributed by atoms with Gasteiger partial charge in [0.05, 0.1) is 5.02 Å². The summed E-state index contributed by atoms with van der Waals surface area (Å²) in [5, 5.41) is 5.81. The van der Waals surface area contributed by atoms with Crippen LogP contribution < -0.4 is 5.32 Å². The number of ketones is 1. The largest absolute Gasteiger partial charge is 0.316 e. The second kappa shape index (κ2) is 12.1. The van der Waals surface area contributed by atoms with E-state index in [-0.39, 0.29) is 5.78 Å². The van der Waals surface area contributed by atoms with Gasteiger partial charge in [0.1, 0.15) is 0 Å². The molecule has 3 heteroatoms. The molecule has 2 aromatic rings. The van der Waals surface area contributed by atoms with Crippen LogP contribution in [0.1, 0.15) is 63.7 Å². The molecule has 3 rings (SSSR count). The summed E-state index contributed by atoms with van der Waals surface area (Å²) >= 11 is 6.12. The van der Waals surface area contributed by atoms with Gasteiger partial charge in [-0.05, 0) is 43.8 Å². The Labute approximate surface area is 158 Å². The molecular formula is C22H32ClNO. The molecule has 2 aromatic carbocycles. The maximum atomic E-state index is 11.2. The number of hydrogen-bond acceptors (Lipinski definition) is 2. The summed E-state index contributed by atoms with van der Waals surface area (Å²) in [6.45, 7) is 10.7. The Balaban J connectivity index is 0.000000235. The molecule has 1 N–H and O–H groups in total. The highest BCUT2D eigenvalue weighted by molar-refractivity contribution is 6.38. The molecular weight excluding hydrogens is 330 g/mol. The summed E-state index contributed by atoms with van der Waals surface area (Å²) in [6, 6.07) is 11.4. The zero-order chi connectivity index (χ0) is 18.7. The molecule has 1 aliphatic heterocycles. The van der Waals surface area contributed by atoms with Crippen molar-refractivity contribution in [1.29, 1.82) is 0 Å². The second-order valence-electron chi connectivity index (χ2n) is 6.66. The van der Waals surface area contributed by atoms with Gasteiger partial charge in [-0.15, -0.1) is 0 Å². The first-order chi connectivity index (χ1) is 12.0. The molecule has 1 saturated heterocycles. The van der Waals surface area contributed by atoms with Crippen LogP contribution in [-0.2, 0) is 0 Å². The van der Waals surface area contributed by atoms with E-state index in [1.54, 1.807) is 6.07 Å². The minimum atomic E-state index is 0.000697. The maximum absolute atomic E-state index is 11.2. The van der Waals surface area contributed by atoms with Crippen molar-refractivity contribution in [3.05, 3.63) is 47.0 Å². The zero-order valence-corrected chi connectivity index (χ0v) is 16.8. The van der Waals surface area contributed by atoms with Gasteiger partial charge in [0.2, 0.25) is 0 Å². The average Bonchev–Trinajstić information content (AvgIpc) is 3.08. The molecule has 0 aromatic heterocycles. The lowest BCUT2D eigenvalue weighted by molar-refractivity contribution is 0.101. The number of rotatable bonds is 3. The van der Waals surface area contributed by atoms with Crippen molar-refractivity contribution >= 4 is 28.2 Å². The van der Waals surface area contributed by atoms with Gasteiger partial charge < -0.3 is 5.32 Å². The van der Waals surface area contributed by atoms with Crippen molar-refractivity contribution in [3.63, 3.8) is 0 Å². The lowest BCUT2D eigenvalue weighted by atomic mass is 10.0. The summed E-state index contributed by atoms with van der Waals surface area (Å²) in [6.07, 6.45) is 5.45. The Morgan fingerprint density at radius 3 is 2.28 bits per heavy atom. The van der Waals surface area contributed by atoms with Gasteiger partial charge >= 0.3 is 0 Å². The van der Waals surface area contributed by atoms with Crippen LogP contribution in [0.25, 0.3) is 10.8 Å². The highest BCUT2D eigenvalue weighted by atomic mass is 35.5. The van der Waals surface area contributed by atoms with Gasteiger partial charge in [-0.2, -0.15) is 0 Å². The highest BCUT2D eigenvalue weighted by Gasteiger charge is 2.08. The minimum absolute atomic E-state index is 0.000697. The second-order valence-corrected chi connectivity index (χ2v) is 7.03. The van der Waals surface area contributed by atoms with Crippen LogP contribution in [0, 0.1) is 5.92 Å². The van der Waals surface area contributed by atoms with Gasteiger partial charge in [-0.3, -0.25) is 4.79 Å². The topological polar surface area (TPSA) is 29.1 Å². The van der Waals surface area contributed by atoms with Crippen molar-refractivity contribution in [3.8, 4) is 0 Å². The molecule has 1 atom stereocenters. The minimum Gasteiger partial charge on any atom is -0.316 e. The van der Waals surface area contributed by atoms with Crippen LogP contribution in [0.3, 0.4) is 0 Å². The van der Waals surface area contributed by atoms with E-state index < -0.39 is 0 Å². The van der Waals surface area contributed by atoms with Crippen LogP contribution in [0.15, 0.2) is 36.4 Å². The van der Waals surface area contributed by atoms with Gasteiger partial charge in [0.25, 0.3) is 0 Å². The van der Waals surface area contributed by atoms with E-state index in [0.29, 0.717) is 10.6 Å². The Morgan fingerprint density at radius 1 is 1.16 bits per heavy atom. The number of carbonyl (C=O) groups excluding carboxylic acids is 1. The van der Waals surface area contributed by atoms with Crippen LogP contribution >= 0.6 is 11.6 Å². The van der Waals surface area contributed by atoms with E-state index in [1.807, 2.05) is 30.3 Å². The Kier molecular flexibility index (Phi) is 10.4. The third-order valence-corrected chi connectivity index (χ3v) is 4.66. The highest BCUT2D eigenvalue weighted by Crippen LogP contribution is 2.27. The quantitative estimate of drug-likeness (QED) is 0.631. The third-order valence-electron chi connectivity index (χ3n) is 4.26. The molecule has 0 saturated carbocycles. The lowest BCUT2D eigenvalue weighted by Crippen LogP contribution is -2.06. The van der Waals surface area contributed by atoms with Crippen molar-refractivity contribution < 1.29 is 4.79 Å². The summed E-state index contributed by atoms with van der Waals surface area (Å²) in [5.41, 5.74) is 0.588. The van der Waals surface area contributed by atoms with E-state index in [2.05, 4.69) is 26.1 Å². The molecule has 0 radical (unpaired) electrons. The summed E-state index contributed by atoms with van der Waals surface area (Å²) in [7, 11) is 0. The SMILES string of the molecule is CC(=O)c1ccc2ccccc2c1Cl.CC1CCNC1.CCCCC. The number of unbranched alkanes of at least 4 members (excludes halogenated alkanes) is 2. The predicted molar refractivity (Wildman–Crippen MR) is 111 cm³/mol. The maximum Gasteiger partial charge on any atom is 0.161 e. The van der Waals surface area contributed by atoms with Crippen LogP contribution in [-0.4, -0.2) is 18.9 Å². The number of fused-ring (bicyclic) bond motifs is 1. The van der Waals surface area contributed by atoms with Crippen molar-refractivity contribution in [2.75, 3.05) is 13.1 Å². The fourth-order valence-corrected chi connectivity index (χ4v) is 3.03. The molecule has 1 heterocycles. The van der Waals surface area contributed by atoms with E-state index in [0.717, 1.165) is 16.7 Å². The number of nitrogens with one attached hydrogen (secondary N) is 1. The Morgan fingerprint density at radius 2 is 1.84 bits per heavy atom. The van der Waals surface area contributed by atoms with Crippen molar-refractivity contribution in [2.24, 2.45) is 5.92 Å². The Hall–Kier alpha value is -1.38. The average molecular weight is 362 g/mol. The molecule has 138 valence electrons. The van der Waals surface area contributed by atoms with E-state index in [4.69, 9.17) is 11.6 Å². The molecule has 1 aliphatic rings. The van der Waals surface area contributed by atoms with Crippen LogP contribution in [0.4, 0.5) is 0 Å². The molecule has 0 amide bonds. The zero-order valence-electron chi connectivity index (χ0n) is 16.1. The molecule has 0 aliphatic carbocycles. The van der Waals surface area contributed by atoms with E-state index >= 15 is 0 Å². The normalized spacial score (nSPS) is 15.8. The number of carbonyl (C=O) groups is 1. The van der Waals surface area contributed by atoms with Gasteiger partial charge in [0, 0.05) is 10.9 Å². The van der Waals surface area contributed by atoms with E-state index in [1.165, 1.54) is 45.7 Å². The first-order valence-corrected chi connectivity index (χ1v) is 9.77. The van der Waals surface area contributed by atoms with Crippen LogP contribution in [0.2, 0.25) is 5.02 Å². The third kappa shape index (κ3) is 7.58. The predicted octanol–water partition coefficient (Wildman–Crippen LogP) is 6.51. The summed E-state index contributed by atoms with van der Waals surface area (Å²) < 4.78 is 0. The smallest absolute Gasteiger partial charge is 0.161 e. The number of hydrogen-bond donors (Lipinski definition) is 1. The molecule has 0 bridgehead atoms. The van der Waals surface area contributed by atoms with Crippen molar-refractivity contribution in [1.82, 2.24) is 5.32 Å². The summed E-state index contributed by atoms with van der Waals surface area (Å²) in [4.78, 5) is 11.2. The number of Topliss-reactive ketones (excluding diaryl/α,β-unsaturated/α-hetero) is 1. The first kappa shape index (κ1) is 21.7. The standard InChI is InChI=1S/C12H9ClO.C5H11N.C5H12/c1-8(14)10-7-6-9-4-2-3-5-11(9)12(10)13;1-5-2-3-6-4-5;1-3-5-4-2/h2-7H,1H3;5-6H,2-4H2,1H3;3-5H2,1-2H3. The fraction of sp³-hybridized carbons (Fsp3) is 0.500. The Bertz CT molecular complexity index is 646. The fourth-order valence-electron chi connectivity index (χ4n) is 2.66. The van der Waals surface area contributed by atoms with Crippen molar-refractivity contribution in [2.45, 2.75) is 53.4 Å². The molecule has 0 spiro atoms. The first-order valence-electron chi connectivity index (χ1n) is 9.40. The lowest BCUT2D eigenvalue weighted by Gasteiger charge is -2.04. The summed E-state index contributed by atoms with van der Waals surface area (Å²) in [5.74, 6) is 0.936. The molecule has 1 unspecified atom stereocenters. The van der Waals surface area contributed by atoms with E-state index in [9.17, 15) is 4.79 Å². The van der Waals surface area contributed by atoms with Gasteiger partial charge in [-0.25, -0.2) is 0 Å². The monoisotopic (exact) mass is 361 g/mol. The number of benzene rings is 2. The van der Waals surface area contributed by atoms with Gasteiger partial charge in [0.15, 0.2) is 5.78 Å². The molecule has 25 heavy (non-hydrogen) atoms. The van der Waals surface area contributed by atoms with Gasteiger partial charge in [-0.1, -0.05) is 82.0 Å². The molecule has 2 nitrogen and oxygen atoms in total. The van der Waals surface area contributed by atoms with Crippen LogP contribution in [0.5, 0.6) is 0 Å². The number of halogens is 1.